The second-order valence-corrected chi connectivity index (χ2v) is 4.70. The highest BCUT2D eigenvalue weighted by molar-refractivity contribution is 7.14. The minimum absolute atomic E-state index is 0.459. The van der Waals surface area contributed by atoms with Crippen LogP contribution in [0.4, 0.5) is 0 Å². The molecule has 3 nitrogen and oxygen atoms in total. The van der Waals surface area contributed by atoms with Crippen molar-refractivity contribution in [1.29, 1.82) is 0 Å². The average Bonchev–Trinajstić information content (AvgIpc) is 2.75. The van der Waals surface area contributed by atoms with Crippen LogP contribution in [-0.4, -0.2) is 9.61 Å². The molecule has 2 heterocycles. The van der Waals surface area contributed by atoms with Crippen LogP contribution in [0, 0.1) is 0 Å². The molecule has 0 aliphatic carbocycles. The summed E-state index contributed by atoms with van der Waals surface area (Å²) in [6.45, 7) is 4.40. The molecule has 0 fully saturated rings. The molecule has 0 saturated carbocycles. The van der Waals surface area contributed by atoms with Crippen LogP contribution in [0.15, 0.2) is 29.8 Å². The van der Waals surface area contributed by atoms with Crippen LogP contribution in [0.25, 0.3) is 16.0 Å². The Hall–Kier alpha value is -1.42. The first-order valence-corrected chi connectivity index (χ1v) is 5.91. The summed E-state index contributed by atoms with van der Waals surface area (Å²) < 4.78 is 4.34. The molecule has 4 heteroatoms. The van der Waals surface area contributed by atoms with E-state index in [0.717, 1.165) is 0 Å². The summed E-state index contributed by atoms with van der Waals surface area (Å²) in [5.41, 5.74) is 4.33. The standard InChI is InChI=1S/C11H12N3S/c1-8(2)13-9-5-3-4-6-10(9)14-11(13)15-7-12-14/h3-8H,1-2H3/q+1. The van der Waals surface area contributed by atoms with Gasteiger partial charge in [0.25, 0.3) is 0 Å². The monoisotopic (exact) mass is 218 g/mol. The van der Waals surface area contributed by atoms with Crippen LogP contribution in [0.3, 0.4) is 0 Å². The molecular formula is C11H12N3S+. The van der Waals surface area contributed by atoms with Crippen LogP contribution in [0.1, 0.15) is 19.9 Å². The minimum Gasteiger partial charge on any atom is -0.210 e. The van der Waals surface area contributed by atoms with Gasteiger partial charge in [0.15, 0.2) is 5.52 Å². The SMILES string of the molecule is CC(C)[n+]1c2ccccc2n2ncsc21. The zero-order valence-corrected chi connectivity index (χ0v) is 9.53. The quantitative estimate of drug-likeness (QED) is 0.575. The van der Waals surface area contributed by atoms with Crippen molar-refractivity contribution in [1.82, 2.24) is 9.61 Å². The summed E-state index contributed by atoms with van der Waals surface area (Å²) in [6, 6.07) is 8.85. The first kappa shape index (κ1) is 8.85. The highest BCUT2D eigenvalue weighted by Crippen LogP contribution is 2.18. The Kier molecular flexibility index (Phi) is 1.79. The van der Waals surface area contributed by atoms with Crippen molar-refractivity contribution in [3.8, 4) is 0 Å². The largest absolute Gasteiger partial charge is 0.369 e. The van der Waals surface area contributed by atoms with Gasteiger partial charge in [-0.2, -0.15) is 0 Å². The second kappa shape index (κ2) is 3.03. The zero-order chi connectivity index (χ0) is 10.4. The van der Waals surface area contributed by atoms with Gasteiger partial charge >= 0.3 is 4.96 Å². The summed E-state index contributed by atoms with van der Waals surface area (Å²) in [4.78, 5) is 1.20. The summed E-state index contributed by atoms with van der Waals surface area (Å²) in [5, 5.41) is 4.36. The van der Waals surface area contributed by atoms with Crippen LogP contribution < -0.4 is 4.57 Å². The molecule has 15 heavy (non-hydrogen) atoms. The second-order valence-electron chi connectivity index (χ2n) is 3.89. The number of imidazole rings is 1. The Morgan fingerprint density at radius 2 is 2.13 bits per heavy atom. The van der Waals surface area contributed by atoms with E-state index in [9.17, 15) is 0 Å². The van der Waals surface area contributed by atoms with E-state index in [4.69, 9.17) is 0 Å². The number of para-hydroxylation sites is 2. The van der Waals surface area contributed by atoms with Gasteiger partial charge in [-0.15, -0.1) is 0 Å². The normalized spacial score (nSPS) is 11.9. The molecular weight excluding hydrogens is 206 g/mol. The van der Waals surface area contributed by atoms with Gasteiger partial charge in [0.05, 0.1) is 6.04 Å². The highest BCUT2D eigenvalue weighted by atomic mass is 32.1. The van der Waals surface area contributed by atoms with Gasteiger partial charge in [0, 0.05) is 0 Å². The van der Waals surface area contributed by atoms with Crippen LogP contribution in [-0.2, 0) is 0 Å². The number of nitrogens with zero attached hydrogens (tertiary/aromatic N) is 3. The molecule has 0 unspecified atom stereocenters. The maximum absolute atomic E-state index is 4.36. The number of hydrogen-bond donors (Lipinski definition) is 0. The molecule has 0 saturated heterocycles. The fourth-order valence-corrected chi connectivity index (χ4v) is 2.89. The third-order valence-electron chi connectivity index (χ3n) is 2.59. The predicted octanol–water partition coefficient (Wildman–Crippen LogP) is 2.42. The topological polar surface area (TPSA) is 21.2 Å². The van der Waals surface area contributed by atoms with Gasteiger partial charge in [0.1, 0.15) is 5.51 Å². The Morgan fingerprint density at radius 3 is 2.93 bits per heavy atom. The van der Waals surface area contributed by atoms with Crippen molar-refractivity contribution in [3.63, 3.8) is 0 Å². The van der Waals surface area contributed by atoms with E-state index in [-0.39, 0.29) is 0 Å². The molecule has 0 radical (unpaired) electrons. The Bertz CT molecular complexity index is 621. The first-order chi connectivity index (χ1) is 7.29. The summed E-state index contributed by atoms with van der Waals surface area (Å²) in [5.74, 6) is 0. The third kappa shape index (κ3) is 1.11. The Morgan fingerprint density at radius 1 is 1.33 bits per heavy atom. The Balaban J connectivity index is 2.58. The molecule has 0 bridgehead atoms. The van der Waals surface area contributed by atoms with Crippen LogP contribution in [0.5, 0.6) is 0 Å². The fourth-order valence-electron chi connectivity index (χ4n) is 1.99. The highest BCUT2D eigenvalue weighted by Gasteiger charge is 2.22. The maximum atomic E-state index is 4.36. The molecule has 0 amide bonds. The molecule has 0 atom stereocenters. The molecule has 0 N–H and O–H groups in total. The van der Waals surface area contributed by atoms with Crippen LogP contribution >= 0.6 is 11.3 Å². The van der Waals surface area contributed by atoms with Gasteiger partial charge in [-0.1, -0.05) is 21.7 Å². The van der Waals surface area contributed by atoms with Crippen molar-refractivity contribution < 1.29 is 4.57 Å². The van der Waals surface area contributed by atoms with E-state index >= 15 is 0 Å². The lowest BCUT2D eigenvalue weighted by molar-refractivity contribution is -0.664. The maximum Gasteiger partial charge on any atom is 0.369 e. The molecule has 0 aliphatic rings. The van der Waals surface area contributed by atoms with E-state index in [1.807, 2.05) is 10.0 Å². The van der Waals surface area contributed by atoms with Crippen molar-refractivity contribution in [2.45, 2.75) is 19.9 Å². The van der Waals surface area contributed by atoms with Gasteiger partial charge < -0.3 is 0 Å². The molecule has 1 aromatic carbocycles. The lowest BCUT2D eigenvalue weighted by Gasteiger charge is -1.99. The third-order valence-corrected chi connectivity index (χ3v) is 3.37. The number of aromatic nitrogens is 3. The number of rotatable bonds is 1. The van der Waals surface area contributed by atoms with Gasteiger partial charge in [0.2, 0.25) is 5.52 Å². The van der Waals surface area contributed by atoms with Crippen molar-refractivity contribution >= 4 is 27.3 Å². The smallest absolute Gasteiger partial charge is 0.210 e. The molecule has 2 aromatic heterocycles. The van der Waals surface area contributed by atoms with Gasteiger partial charge in [-0.25, -0.2) is 4.57 Å². The summed E-state index contributed by atoms with van der Waals surface area (Å²) in [7, 11) is 0. The van der Waals surface area contributed by atoms with E-state index < -0.39 is 0 Å². The van der Waals surface area contributed by atoms with Crippen LogP contribution in [0.2, 0.25) is 0 Å². The van der Waals surface area contributed by atoms with Crippen molar-refractivity contribution in [2.24, 2.45) is 0 Å². The number of fused-ring (bicyclic) bond motifs is 3. The number of hydrogen-bond acceptors (Lipinski definition) is 2. The van der Waals surface area contributed by atoms with E-state index in [2.05, 4.69) is 47.8 Å². The average molecular weight is 218 g/mol. The zero-order valence-electron chi connectivity index (χ0n) is 8.71. The lowest BCUT2D eigenvalue weighted by atomic mass is 10.3. The Labute approximate surface area is 91.6 Å². The van der Waals surface area contributed by atoms with Gasteiger partial charge in [-0.05, 0) is 37.3 Å². The molecule has 3 aromatic rings. The summed E-state index contributed by atoms with van der Waals surface area (Å²) >= 11 is 1.68. The van der Waals surface area contributed by atoms with E-state index in [1.54, 1.807) is 11.3 Å². The first-order valence-electron chi connectivity index (χ1n) is 5.03. The number of benzene rings is 1. The minimum atomic E-state index is 0.459. The summed E-state index contributed by atoms with van der Waals surface area (Å²) in [6.07, 6.45) is 0. The van der Waals surface area contributed by atoms with Crippen molar-refractivity contribution in [3.05, 3.63) is 29.8 Å². The van der Waals surface area contributed by atoms with Gasteiger partial charge in [-0.3, -0.25) is 0 Å². The lowest BCUT2D eigenvalue weighted by Crippen LogP contribution is -2.35. The van der Waals surface area contributed by atoms with E-state index in [0.29, 0.717) is 6.04 Å². The molecule has 76 valence electrons. The van der Waals surface area contributed by atoms with E-state index in [1.165, 1.54) is 16.0 Å². The molecule has 3 rings (SSSR count). The molecule has 0 aliphatic heterocycles. The fraction of sp³-hybridized carbons (Fsp3) is 0.273. The van der Waals surface area contributed by atoms with Crippen molar-refractivity contribution in [2.75, 3.05) is 0 Å². The molecule has 0 spiro atoms. The predicted molar refractivity (Wildman–Crippen MR) is 61.2 cm³/mol.